The number of aliphatic carboxylic acids is 2. The fourth-order valence-electron chi connectivity index (χ4n) is 17.3. The second-order valence-electron chi connectivity index (χ2n) is 35.9. The van der Waals surface area contributed by atoms with Crippen molar-refractivity contribution >= 4 is 35.5 Å². The molecule has 0 aliphatic carbocycles. The van der Waals surface area contributed by atoms with Crippen LogP contribution in [0.5, 0.6) is 0 Å². The van der Waals surface area contributed by atoms with Crippen LogP contribution in [-0.2, 0) is 41.5 Å². The first-order valence-electron chi connectivity index (χ1n) is 50.3. The number of rotatable bonds is 86. The third kappa shape index (κ3) is 61.1. The van der Waals surface area contributed by atoms with Crippen LogP contribution in [0.25, 0.3) is 0 Å². The number of unbranched alkanes of at least 4 members (excludes halogenated alkanes) is 44. The fourth-order valence-corrected chi connectivity index (χ4v) is 17.3. The Morgan fingerprint density at radius 2 is 0.517 bits per heavy atom. The van der Waals surface area contributed by atoms with Gasteiger partial charge in [-0.3, -0.25) is 19.2 Å². The highest BCUT2D eigenvalue weighted by atomic mass is 16.5. The summed E-state index contributed by atoms with van der Waals surface area (Å²) in [5.41, 5.74) is 13.0. The van der Waals surface area contributed by atoms with Crippen LogP contribution in [0.1, 0.15) is 490 Å². The zero-order chi connectivity index (χ0) is 84.7. The number of nitrogen functional groups attached to an aromatic ring is 2. The highest BCUT2D eigenvalue weighted by Crippen LogP contribution is 2.40. The SMILES string of the molecule is CCCCCCCCC(CCCCCC)(CCCCCCN(CCCCCCC(CCCCCC)(CCCCCCCC)C(=O)O)CCc1ccc(N)nc1)C(=O)O.CCCCCCCCC(CCCCCC)C(=O)OCCCCCCN(CCCCCCOC(=O)C(CCCCCC)CCCCCCCC)CCc1ccc(N)nc1. The maximum Gasteiger partial charge on any atom is 0.309 e. The number of carbonyl (C=O) groups is 4. The van der Waals surface area contributed by atoms with E-state index in [0.29, 0.717) is 24.8 Å². The number of nitrogens with zero attached hydrogens (tertiary/aromatic N) is 4. The summed E-state index contributed by atoms with van der Waals surface area (Å²) in [6.07, 6.45) is 80.5. The fraction of sp³-hybridized carbons (Fsp3) is 0.863. The van der Waals surface area contributed by atoms with Gasteiger partial charge < -0.3 is 41.0 Å². The first kappa shape index (κ1) is 110. The van der Waals surface area contributed by atoms with Gasteiger partial charge in [0.15, 0.2) is 0 Å². The van der Waals surface area contributed by atoms with Crippen molar-refractivity contribution in [1.29, 1.82) is 0 Å². The molecule has 4 atom stereocenters. The summed E-state index contributed by atoms with van der Waals surface area (Å²) >= 11 is 0. The highest BCUT2D eigenvalue weighted by molar-refractivity contribution is 5.75. The minimum Gasteiger partial charge on any atom is -0.481 e. The van der Waals surface area contributed by atoms with E-state index >= 15 is 0 Å². The molecule has 0 amide bonds. The predicted octanol–water partition coefficient (Wildman–Crippen LogP) is 29.4. The maximum absolute atomic E-state index is 13.1. The van der Waals surface area contributed by atoms with Gasteiger partial charge in [-0.2, -0.15) is 0 Å². The van der Waals surface area contributed by atoms with Crippen molar-refractivity contribution in [3.05, 3.63) is 47.8 Å². The Kier molecular flexibility index (Phi) is 74.9. The number of anilines is 2. The molecule has 0 aromatic carbocycles. The van der Waals surface area contributed by atoms with E-state index < -0.39 is 22.8 Å². The van der Waals surface area contributed by atoms with E-state index in [9.17, 15) is 29.4 Å². The van der Waals surface area contributed by atoms with Crippen molar-refractivity contribution in [3.63, 3.8) is 0 Å². The van der Waals surface area contributed by atoms with Gasteiger partial charge in [-0.05, 0) is 165 Å². The standard InChI is InChI=1S/2C51H95N3O4/c1-5-9-13-17-19-27-38-50(48(55)56,36-25-15-11-7-3)40-29-21-23-31-42-54(44-35-46-33-34-47(52)53-45-46)43-32-24-22-30-41-51(49(57)58,37-26-16-12-8-4)39-28-20-18-14-10-6-2;1-5-9-13-17-19-27-35-47(33-25-15-11-7-3)50(55)57-43-31-23-21-29-40-54(42-39-46-37-38-49(52)53-45-46)41-30-22-24-32-44-58-51(56)48(34-26-16-12-8-4)36-28-20-18-14-10-6-2/h33-34,45H,5-32,35-44H2,1-4H3,(H2,52,53)(H,55,56)(H,57,58);37-38,45,47-48H,5-36,39-44H2,1-4H3,(H2,52,53). The van der Waals surface area contributed by atoms with Crippen molar-refractivity contribution in [2.24, 2.45) is 22.7 Å². The lowest BCUT2D eigenvalue weighted by Crippen LogP contribution is -2.31. The molecule has 0 radical (unpaired) electrons. The molecule has 14 nitrogen and oxygen atoms in total. The van der Waals surface area contributed by atoms with Crippen molar-refractivity contribution in [1.82, 2.24) is 19.8 Å². The van der Waals surface area contributed by atoms with E-state index in [1.165, 1.54) is 191 Å². The second-order valence-corrected chi connectivity index (χ2v) is 35.9. The number of pyridine rings is 2. The van der Waals surface area contributed by atoms with Gasteiger partial charge in [-0.15, -0.1) is 0 Å². The summed E-state index contributed by atoms with van der Waals surface area (Å²) in [5, 5.41) is 21.1. The number of aromatic nitrogens is 2. The van der Waals surface area contributed by atoms with E-state index in [2.05, 4.69) is 87.3 Å². The van der Waals surface area contributed by atoms with E-state index in [1.807, 2.05) is 24.5 Å². The van der Waals surface area contributed by atoms with Crippen molar-refractivity contribution < 1.29 is 38.9 Å². The quantitative estimate of drug-likeness (QED) is 0.0359. The van der Waals surface area contributed by atoms with Gasteiger partial charge in [0.1, 0.15) is 11.6 Å². The lowest BCUT2D eigenvalue weighted by molar-refractivity contribution is -0.151. The van der Waals surface area contributed by atoms with Gasteiger partial charge in [0, 0.05) is 25.5 Å². The molecule has 2 heterocycles. The molecule has 0 bridgehead atoms. The summed E-state index contributed by atoms with van der Waals surface area (Å²) < 4.78 is 11.7. The lowest BCUT2D eigenvalue weighted by atomic mass is 9.74. The van der Waals surface area contributed by atoms with Crippen molar-refractivity contribution in [2.75, 3.05) is 63.9 Å². The molecule has 4 unspecified atom stereocenters. The number of carboxylic acid groups (broad SMARTS) is 2. The molecule has 0 saturated heterocycles. The zero-order valence-electron chi connectivity index (χ0n) is 77.6. The van der Waals surface area contributed by atoms with Crippen LogP contribution in [0.15, 0.2) is 36.7 Å². The Morgan fingerprint density at radius 3 is 0.759 bits per heavy atom. The van der Waals surface area contributed by atoms with Crippen LogP contribution in [0.3, 0.4) is 0 Å². The largest absolute Gasteiger partial charge is 0.481 e. The monoisotopic (exact) mass is 1630 g/mol. The van der Waals surface area contributed by atoms with Crippen LogP contribution < -0.4 is 11.5 Å². The Morgan fingerprint density at radius 1 is 0.302 bits per heavy atom. The molecule has 0 saturated carbocycles. The van der Waals surface area contributed by atoms with Crippen LogP contribution in [0.2, 0.25) is 0 Å². The van der Waals surface area contributed by atoms with Crippen LogP contribution in [-0.4, -0.2) is 106 Å². The molecular formula is C102H190N6O8. The summed E-state index contributed by atoms with van der Waals surface area (Å²) in [7, 11) is 0. The van der Waals surface area contributed by atoms with Crippen LogP contribution >= 0.6 is 0 Å². The molecule has 0 fully saturated rings. The molecule has 2 rings (SSSR count). The van der Waals surface area contributed by atoms with Gasteiger partial charge in [0.25, 0.3) is 0 Å². The number of ether oxygens (including phenoxy) is 2. The molecule has 14 heteroatoms. The average Bonchev–Trinajstić information content (AvgIpc) is 0.849. The average molecular weight is 1630 g/mol. The number of esters is 2. The predicted molar refractivity (Wildman–Crippen MR) is 497 cm³/mol. The van der Waals surface area contributed by atoms with Gasteiger partial charge >= 0.3 is 23.9 Å². The summed E-state index contributed by atoms with van der Waals surface area (Å²) in [6, 6.07) is 7.97. The van der Waals surface area contributed by atoms with Crippen molar-refractivity contribution in [2.45, 2.75) is 492 Å². The highest BCUT2D eigenvalue weighted by Gasteiger charge is 2.38. The Balaban J connectivity index is 0.00000116. The maximum atomic E-state index is 13.1. The number of carboxylic acids is 2. The smallest absolute Gasteiger partial charge is 0.309 e. The molecule has 0 spiro atoms. The van der Waals surface area contributed by atoms with Gasteiger partial charge in [0.05, 0.1) is 35.9 Å². The third-order valence-electron chi connectivity index (χ3n) is 25.3. The van der Waals surface area contributed by atoms with E-state index in [-0.39, 0.29) is 23.8 Å². The van der Waals surface area contributed by atoms with Gasteiger partial charge in [-0.25, -0.2) is 9.97 Å². The van der Waals surface area contributed by atoms with E-state index in [1.54, 1.807) is 0 Å². The van der Waals surface area contributed by atoms with Crippen LogP contribution in [0, 0.1) is 22.7 Å². The second kappa shape index (κ2) is 79.2. The Hall–Kier alpha value is -4.30. The van der Waals surface area contributed by atoms with Gasteiger partial charge in [0.2, 0.25) is 0 Å². The zero-order valence-corrected chi connectivity index (χ0v) is 77.6. The van der Waals surface area contributed by atoms with Gasteiger partial charge in [-0.1, -0.05) is 389 Å². The minimum absolute atomic E-state index is 0.0528. The number of hydrogen-bond acceptors (Lipinski definition) is 12. The Bertz CT molecular complexity index is 2380. The number of hydrogen-bond donors (Lipinski definition) is 4. The normalized spacial score (nSPS) is 13.2. The van der Waals surface area contributed by atoms with Crippen molar-refractivity contribution in [3.8, 4) is 0 Å². The Labute approximate surface area is 716 Å². The van der Waals surface area contributed by atoms with Crippen LogP contribution in [0.4, 0.5) is 11.6 Å². The molecule has 0 aliphatic rings. The molecule has 2 aromatic rings. The third-order valence-corrected chi connectivity index (χ3v) is 25.3. The molecular weight excluding hydrogens is 1440 g/mol. The minimum atomic E-state index is -0.556. The summed E-state index contributed by atoms with van der Waals surface area (Å²) in [4.78, 5) is 65.6. The number of nitrogens with two attached hydrogens (primary N) is 2. The van der Waals surface area contributed by atoms with E-state index in [4.69, 9.17) is 20.9 Å². The number of carbonyl (C=O) groups excluding carboxylic acids is 2. The molecule has 676 valence electrons. The summed E-state index contributed by atoms with van der Waals surface area (Å²) in [5.74, 6) is 0.283. The molecule has 116 heavy (non-hydrogen) atoms. The molecule has 6 N–H and O–H groups in total. The lowest BCUT2D eigenvalue weighted by Gasteiger charge is -2.30. The van der Waals surface area contributed by atoms with E-state index in [0.717, 1.165) is 296 Å². The molecule has 2 aromatic heterocycles. The first-order chi connectivity index (χ1) is 56.6. The topological polar surface area (TPSA) is 212 Å². The summed E-state index contributed by atoms with van der Waals surface area (Å²) in [6.45, 7) is 25.3. The first-order valence-corrected chi connectivity index (χ1v) is 50.3. The molecule has 0 aliphatic heterocycles.